The van der Waals surface area contributed by atoms with E-state index in [4.69, 9.17) is 5.73 Å². The summed E-state index contributed by atoms with van der Waals surface area (Å²) in [6.07, 6.45) is 1.99. The van der Waals surface area contributed by atoms with E-state index in [1.54, 1.807) is 58.9 Å². The smallest absolute Gasteiger partial charge is 0.292 e. The number of nitrogens with zero attached hydrogens (tertiary/aromatic N) is 4. The van der Waals surface area contributed by atoms with Gasteiger partial charge in [0.15, 0.2) is 0 Å². The first kappa shape index (κ1) is 64.8. The van der Waals surface area contributed by atoms with Gasteiger partial charge in [0.25, 0.3) is 11.7 Å². The van der Waals surface area contributed by atoms with E-state index in [9.17, 15) is 47.9 Å². The topological polar surface area (TPSA) is 349 Å². The Balaban J connectivity index is 2.27. The second kappa shape index (κ2) is 31.6. The highest BCUT2D eigenvalue weighted by Crippen LogP contribution is 2.15. The molecule has 0 radical (unpaired) electrons. The normalized spacial score (nSPS) is 13.8. The van der Waals surface area contributed by atoms with E-state index in [1.165, 1.54) is 25.6 Å². The van der Waals surface area contributed by atoms with E-state index in [1.807, 2.05) is 33.8 Å². The van der Waals surface area contributed by atoms with E-state index in [-0.39, 0.29) is 68.3 Å². The molecule has 24 nitrogen and oxygen atoms in total. The van der Waals surface area contributed by atoms with Crippen LogP contribution in [-0.4, -0.2) is 134 Å². The molecule has 24 heteroatoms. The lowest BCUT2D eigenvalue weighted by Crippen LogP contribution is -2.64. The molecule has 2 rings (SSSR count). The van der Waals surface area contributed by atoms with Crippen LogP contribution in [0, 0.1) is 23.7 Å². The zero-order valence-electron chi connectivity index (χ0n) is 46.4. The van der Waals surface area contributed by atoms with E-state index >= 15 is 0 Å². The highest BCUT2D eigenvalue weighted by atomic mass is 16.2. The number of aromatic nitrogens is 4. The van der Waals surface area contributed by atoms with Crippen molar-refractivity contribution >= 4 is 59.1 Å². The van der Waals surface area contributed by atoms with Gasteiger partial charge in [-0.25, -0.2) is 0 Å². The molecule has 0 saturated heterocycles. The number of tetrazole rings is 1. The third-order valence-corrected chi connectivity index (χ3v) is 11.9. The predicted molar refractivity (Wildman–Crippen MR) is 284 cm³/mol. The molecule has 1 heterocycles. The van der Waals surface area contributed by atoms with Gasteiger partial charge < -0.3 is 53.6 Å². The van der Waals surface area contributed by atoms with Crippen LogP contribution in [0.15, 0.2) is 42.5 Å². The van der Waals surface area contributed by atoms with Crippen LogP contribution >= 0.6 is 0 Å². The van der Waals surface area contributed by atoms with Gasteiger partial charge >= 0.3 is 0 Å². The molecule has 0 spiro atoms. The Kier molecular flexibility index (Phi) is 26.9. The SMILES string of the molecule is C=C(C)C(=O)NCCCC[C@H](NC(=O)[C@@H](NC(C)=O)C(C)C)C(=O)NC(CC(C)C)C(=O)NC(C)(C)C(=O)N[C@H](C(=O)N[C@@H](CCCCNC(=O)c1nnn(-c2ccccc2)n1)C(=O)N[C@@H](CC(C)C)C(N)=O)C(C)C. The first-order valence-electron chi connectivity index (χ1n) is 26.0. The summed E-state index contributed by atoms with van der Waals surface area (Å²) >= 11 is 0. The Bertz CT molecular complexity index is 2320. The number of para-hydroxylation sites is 1. The number of primary amides is 1. The van der Waals surface area contributed by atoms with Crippen LogP contribution in [-0.2, 0) is 43.2 Å². The van der Waals surface area contributed by atoms with E-state index < -0.39 is 101 Å². The standard InChI is InChI=1S/C52H84N14O10/c1-29(2)27-38(42(53)68)59-45(70)36(23-18-20-26-55-50(75)43-63-65-66(64-43)35-21-15-14-16-22-35)58-49(74)41(32(7)8)61-51(76)52(12,13)62-47(72)39(28-30(3)4)60-46(71)37(24-17-19-25-54-44(69)33(9)10)57-48(73)40(31(5)6)56-34(11)67/h14-16,21-22,29-32,36-41H,9,17-20,23-28H2,1-8,10-13H3,(H2,53,68)(H,54,69)(H,55,75)(H,56,67)(H,57,73)(H,58,74)(H,59,70)(H,60,71)(H,61,76)(H,62,72)/t36-,37-,38-,39?,40-,41-/m0/s1. The lowest BCUT2D eigenvalue weighted by Gasteiger charge is -2.32. The fraction of sp³-hybridized carbons (Fsp3) is 0.635. The van der Waals surface area contributed by atoms with Crippen LogP contribution in [0.2, 0.25) is 0 Å². The minimum Gasteiger partial charge on any atom is -0.368 e. The number of hydrogen-bond donors (Lipinski definition) is 10. The van der Waals surface area contributed by atoms with Crippen LogP contribution in [0.4, 0.5) is 0 Å². The second-order valence-corrected chi connectivity index (χ2v) is 21.2. The van der Waals surface area contributed by atoms with Crippen LogP contribution in [0.1, 0.15) is 145 Å². The van der Waals surface area contributed by atoms with Crippen molar-refractivity contribution in [3.8, 4) is 5.69 Å². The van der Waals surface area contributed by atoms with Crippen molar-refractivity contribution in [2.24, 2.45) is 29.4 Å². The zero-order valence-corrected chi connectivity index (χ0v) is 46.4. The zero-order chi connectivity index (χ0) is 57.4. The minimum absolute atomic E-state index is 0.0197. The minimum atomic E-state index is -1.69. The number of hydrogen-bond acceptors (Lipinski definition) is 13. The summed E-state index contributed by atoms with van der Waals surface area (Å²) < 4.78 is 0. The molecule has 0 aliphatic rings. The molecular weight excluding hydrogens is 981 g/mol. The fourth-order valence-electron chi connectivity index (χ4n) is 7.64. The molecule has 76 heavy (non-hydrogen) atoms. The number of nitrogens with two attached hydrogens (primary N) is 1. The van der Waals surface area contributed by atoms with E-state index in [0.29, 0.717) is 36.9 Å². The third-order valence-electron chi connectivity index (χ3n) is 11.9. The summed E-state index contributed by atoms with van der Waals surface area (Å²) in [6, 6.07) is 2.08. The van der Waals surface area contributed by atoms with Gasteiger partial charge in [-0.05, 0) is 113 Å². The predicted octanol–water partition coefficient (Wildman–Crippen LogP) is 1.14. The van der Waals surface area contributed by atoms with Crippen molar-refractivity contribution in [3.63, 3.8) is 0 Å². The first-order valence-corrected chi connectivity index (χ1v) is 26.0. The maximum absolute atomic E-state index is 14.1. The van der Waals surface area contributed by atoms with Crippen molar-refractivity contribution in [1.82, 2.24) is 68.1 Å². The molecule has 6 atom stereocenters. The van der Waals surface area contributed by atoms with E-state index in [0.717, 1.165) is 0 Å². The number of carbonyl (C=O) groups excluding carboxylic acids is 10. The molecule has 0 aliphatic carbocycles. The van der Waals surface area contributed by atoms with Gasteiger partial charge in [0.2, 0.25) is 53.2 Å². The Morgan fingerprint density at radius 3 is 1.55 bits per heavy atom. The summed E-state index contributed by atoms with van der Waals surface area (Å²) in [4.78, 5) is 134. The first-order chi connectivity index (χ1) is 35.5. The molecule has 10 amide bonds. The van der Waals surface area contributed by atoms with Crippen molar-refractivity contribution in [2.75, 3.05) is 13.1 Å². The molecule has 0 fully saturated rings. The summed E-state index contributed by atoms with van der Waals surface area (Å²) in [5.74, 6) is -7.53. The lowest BCUT2D eigenvalue weighted by atomic mass is 9.97. The van der Waals surface area contributed by atoms with E-state index in [2.05, 4.69) is 69.8 Å². The highest BCUT2D eigenvalue weighted by Gasteiger charge is 2.38. The molecular formula is C52H84N14O10. The summed E-state index contributed by atoms with van der Waals surface area (Å²) in [6.45, 7) is 23.9. The van der Waals surface area contributed by atoms with Gasteiger partial charge in [0.05, 0.1) is 5.69 Å². The third kappa shape index (κ3) is 22.7. The number of benzene rings is 1. The maximum atomic E-state index is 14.1. The molecule has 1 aromatic carbocycles. The largest absolute Gasteiger partial charge is 0.368 e. The van der Waals surface area contributed by atoms with Crippen LogP contribution in [0.5, 0.6) is 0 Å². The average molecular weight is 1070 g/mol. The number of carbonyl (C=O) groups is 10. The monoisotopic (exact) mass is 1060 g/mol. The Morgan fingerprint density at radius 1 is 0.605 bits per heavy atom. The highest BCUT2D eigenvalue weighted by molar-refractivity contribution is 5.99. The van der Waals surface area contributed by atoms with Crippen molar-refractivity contribution in [3.05, 3.63) is 48.3 Å². The molecule has 2 aromatic rings. The molecule has 1 aromatic heterocycles. The van der Waals surface area contributed by atoms with Gasteiger partial charge in [-0.3, -0.25) is 47.9 Å². The molecule has 0 aliphatic heterocycles. The lowest BCUT2D eigenvalue weighted by molar-refractivity contribution is -0.138. The Hall–Kier alpha value is -7.27. The fourth-order valence-corrected chi connectivity index (χ4v) is 7.64. The molecule has 11 N–H and O–H groups in total. The quantitative estimate of drug-likeness (QED) is 0.0355. The number of unbranched alkanes of at least 4 members (excludes halogenated alkanes) is 2. The summed E-state index contributed by atoms with van der Waals surface area (Å²) in [5, 5.41) is 36.2. The Labute approximate surface area is 446 Å². The Morgan fingerprint density at radius 2 is 1.08 bits per heavy atom. The number of nitrogens with one attached hydrogen (secondary N) is 9. The summed E-state index contributed by atoms with van der Waals surface area (Å²) in [5.41, 5.74) is 4.89. The van der Waals surface area contributed by atoms with Crippen molar-refractivity contribution < 1.29 is 47.9 Å². The molecule has 0 saturated carbocycles. The number of amides is 10. The van der Waals surface area contributed by atoms with Gasteiger partial charge in [-0.1, -0.05) is 80.2 Å². The van der Waals surface area contributed by atoms with Crippen molar-refractivity contribution in [1.29, 1.82) is 0 Å². The van der Waals surface area contributed by atoms with Gasteiger partial charge in [-0.15, -0.1) is 15.0 Å². The van der Waals surface area contributed by atoms with Gasteiger partial charge in [0.1, 0.15) is 41.8 Å². The van der Waals surface area contributed by atoms with Gasteiger partial charge in [-0.2, -0.15) is 0 Å². The average Bonchev–Trinajstić information content (AvgIpc) is 3.83. The van der Waals surface area contributed by atoms with Crippen LogP contribution < -0.4 is 53.6 Å². The maximum Gasteiger partial charge on any atom is 0.292 e. The molecule has 1 unspecified atom stereocenters. The molecule has 422 valence electrons. The molecule has 0 bridgehead atoms. The van der Waals surface area contributed by atoms with Gasteiger partial charge in [0, 0.05) is 25.6 Å². The summed E-state index contributed by atoms with van der Waals surface area (Å²) in [7, 11) is 0. The van der Waals surface area contributed by atoms with Crippen molar-refractivity contribution in [2.45, 2.75) is 176 Å². The van der Waals surface area contributed by atoms with Crippen LogP contribution in [0.25, 0.3) is 5.69 Å². The second-order valence-electron chi connectivity index (χ2n) is 21.2. The van der Waals surface area contributed by atoms with Crippen LogP contribution in [0.3, 0.4) is 0 Å². The number of rotatable bonds is 33.